The summed E-state index contributed by atoms with van der Waals surface area (Å²) in [6.45, 7) is 10.0. The van der Waals surface area contributed by atoms with Gasteiger partial charge in [0.05, 0.1) is 18.5 Å². The number of hydrogen-bond acceptors (Lipinski definition) is 9. The fourth-order valence-electron chi connectivity index (χ4n) is 10.9. The van der Waals surface area contributed by atoms with Crippen LogP contribution in [0.4, 0.5) is 17.3 Å². The van der Waals surface area contributed by atoms with E-state index in [0.717, 1.165) is 111 Å². The quantitative estimate of drug-likeness (QED) is 0.228. The number of nitrogens with one attached hydrogen (secondary N) is 1. The first-order valence-electron chi connectivity index (χ1n) is 20.1. The Hall–Kier alpha value is -4.48. The van der Waals surface area contributed by atoms with E-state index in [2.05, 4.69) is 55.1 Å². The Morgan fingerprint density at radius 1 is 0.889 bits per heavy atom. The highest BCUT2D eigenvalue weighted by molar-refractivity contribution is 5.81. The van der Waals surface area contributed by atoms with Crippen molar-refractivity contribution in [2.75, 3.05) is 76.7 Å². The second kappa shape index (κ2) is 14.3. The summed E-state index contributed by atoms with van der Waals surface area (Å²) in [6, 6.07) is 16.0. The first-order chi connectivity index (χ1) is 26.2. The van der Waals surface area contributed by atoms with Crippen molar-refractivity contribution < 1.29 is 9.53 Å². The number of carbonyl (C=O) groups excluding carboxylic acids is 1. The smallest absolute Gasteiger partial charge is 0.257 e. The van der Waals surface area contributed by atoms with Crippen LogP contribution in [0.1, 0.15) is 56.1 Å². The molecule has 0 spiro atoms. The number of fused-ring (bicyclic) bond motifs is 1. The van der Waals surface area contributed by atoms with Gasteiger partial charge in [-0.25, -0.2) is 4.98 Å². The standard InChI is InChI=1S/C43H54N8O3/c1-29-17-39(52)51(35-6-4-5-30(21-35)28-48-11-9-47(2)10-12-48)41-36(29)27-44-42(46-41)45-37-8-7-34(22-38(37)54-3)49-13-15-50(16-14-49)40(53)26-43-23-31-18-32(24-43)20-33(19-31)25-43/h4-8,17,21-22,27,31-33H,9-16,18-20,23-26,28H2,1-3H3,(H,44,45,46). The van der Waals surface area contributed by atoms with Gasteiger partial charge in [0, 0.05) is 94.7 Å². The van der Waals surface area contributed by atoms with Crippen molar-refractivity contribution in [3.05, 3.63) is 76.2 Å². The molecule has 0 unspecified atom stereocenters. The summed E-state index contributed by atoms with van der Waals surface area (Å²) in [6.07, 6.45) is 10.6. The number of aryl methyl sites for hydroxylation is 1. The average Bonchev–Trinajstić information content (AvgIpc) is 3.15. The van der Waals surface area contributed by atoms with Gasteiger partial charge >= 0.3 is 0 Å². The van der Waals surface area contributed by atoms with Crippen molar-refractivity contribution in [1.29, 1.82) is 0 Å². The predicted octanol–water partition coefficient (Wildman–Crippen LogP) is 5.84. The summed E-state index contributed by atoms with van der Waals surface area (Å²) in [5, 5.41) is 4.19. The molecule has 1 amide bonds. The number of hydrogen-bond donors (Lipinski definition) is 1. The molecule has 0 radical (unpaired) electrons. The highest BCUT2D eigenvalue weighted by Crippen LogP contribution is 2.61. The summed E-state index contributed by atoms with van der Waals surface area (Å²) in [5.74, 6) is 4.03. The normalized spacial score (nSPS) is 25.7. The lowest BCUT2D eigenvalue weighted by Gasteiger charge is -2.57. The van der Waals surface area contributed by atoms with Gasteiger partial charge in [-0.3, -0.25) is 19.1 Å². The molecule has 54 heavy (non-hydrogen) atoms. The molecule has 2 saturated heterocycles. The molecule has 2 aromatic carbocycles. The number of piperazine rings is 2. The van der Waals surface area contributed by atoms with Crippen LogP contribution in [0.15, 0.2) is 59.5 Å². The summed E-state index contributed by atoms with van der Waals surface area (Å²) >= 11 is 0. The molecule has 4 heterocycles. The van der Waals surface area contributed by atoms with E-state index in [1.807, 2.05) is 31.2 Å². The molecular formula is C43H54N8O3. The van der Waals surface area contributed by atoms with Crippen molar-refractivity contribution in [3.63, 3.8) is 0 Å². The van der Waals surface area contributed by atoms with Crippen molar-refractivity contribution >= 4 is 34.3 Å². The second-order valence-electron chi connectivity index (χ2n) is 17.2. The number of pyridine rings is 1. The van der Waals surface area contributed by atoms with E-state index in [9.17, 15) is 9.59 Å². The lowest BCUT2D eigenvalue weighted by atomic mass is 9.49. The number of carbonyl (C=O) groups is 1. The van der Waals surface area contributed by atoms with Crippen LogP contribution in [-0.4, -0.2) is 102 Å². The number of benzene rings is 2. The molecule has 6 aliphatic rings. The van der Waals surface area contributed by atoms with Crippen molar-refractivity contribution in [1.82, 2.24) is 29.2 Å². The van der Waals surface area contributed by atoms with Gasteiger partial charge < -0.3 is 24.8 Å². The molecule has 2 aliphatic heterocycles. The zero-order valence-electron chi connectivity index (χ0n) is 32.1. The average molecular weight is 731 g/mol. The summed E-state index contributed by atoms with van der Waals surface area (Å²) in [5.41, 5.74) is 5.30. The highest BCUT2D eigenvalue weighted by Gasteiger charge is 2.51. The summed E-state index contributed by atoms with van der Waals surface area (Å²) < 4.78 is 7.56. The van der Waals surface area contributed by atoms with Gasteiger partial charge in [-0.05, 0) is 111 Å². The van der Waals surface area contributed by atoms with Crippen LogP contribution in [0.2, 0.25) is 0 Å². The van der Waals surface area contributed by atoms with E-state index >= 15 is 0 Å². The maximum atomic E-state index is 13.6. The number of aromatic nitrogens is 3. The molecule has 0 atom stereocenters. The Labute approximate surface area is 318 Å². The van der Waals surface area contributed by atoms with Gasteiger partial charge in [0.1, 0.15) is 5.75 Å². The Balaban J connectivity index is 0.892. The molecule has 10 rings (SSSR count). The highest BCUT2D eigenvalue weighted by atomic mass is 16.5. The molecule has 1 N–H and O–H groups in total. The van der Waals surface area contributed by atoms with Crippen molar-refractivity contribution in [3.8, 4) is 11.4 Å². The van der Waals surface area contributed by atoms with Gasteiger partial charge in [0.15, 0.2) is 5.65 Å². The van der Waals surface area contributed by atoms with Crippen molar-refractivity contribution in [2.24, 2.45) is 23.2 Å². The molecule has 4 saturated carbocycles. The molecule has 284 valence electrons. The van der Waals surface area contributed by atoms with Gasteiger partial charge in [-0.1, -0.05) is 12.1 Å². The summed E-state index contributed by atoms with van der Waals surface area (Å²) in [4.78, 5) is 46.0. The summed E-state index contributed by atoms with van der Waals surface area (Å²) in [7, 11) is 3.83. The number of likely N-dealkylation sites (N-methyl/N-ethyl adjacent to an activating group) is 1. The number of nitrogens with zero attached hydrogens (tertiary/aromatic N) is 7. The topological polar surface area (TPSA) is 99.1 Å². The second-order valence-corrected chi connectivity index (χ2v) is 17.2. The molecule has 6 fully saturated rings. The number of ether oxygens (including phenoxy) is 1. The van der Waals surface area contributed by atoms with Crippen LogP contribution in [0.25, 0.3) is 16.7 Å². The molecule has 4 aromatic rings. The van der Waals surface area contributed by atoms with Crippen LogP contribution >= 0.6 is 0 Å². The fourth-order valence-corrected chi connectivity index (χ4v) is 10.9. The molecule has 4 bridgehead atoms. The zero-order valence-corrected chi connectivity index (χ0v) is 32.1. The molecule has 4 aliphatic carbocycles. The van der Waals surface area contributed by atoms with Crippen LogP contribution in [0, 0.1) is 30.1 Å². The van der Waals surface area contributed by atoms with E-state index in [0.29, 0.717) is 23.3 Å². The van der Waals surface area contributed by atoms with Crippen LogP contribution < -0.4 is 20.5 Å². The monoisotopic (exact) mass is 730 g/mol. The molecule has 11 nitrogen and oxygen atoms in total. The Bertz CT molecular complexity index is 2060. The Morgan fingerprint density at radius 2 is 1.61 bits per heavy atom. The molecule has 2 aromatic heterocycles. The number of amides is 1. The lowest BCUT2D eigenvalue weighted by Crippen LogP contribution is -2.52. The van der Waals surface area contributed by atoms with Gasteiger partial charge in [-0.15, -0.1) is 0 Å². The first kappa shape index (κ1) is 35.2. The van der Waals surface area contributed by atoms with Crippen LogP contribution in [0.5, 0.6) is 5.75 Å². The Kier molecular flexibility index (Phi) is 9.33. The van der Waals surface area contributed by atoms with E-state index in [-0.39, 0.29) is 11.0 Å². The third-order valence-corrected chi connectivity index (χ3v) is 13.3. The van der Waals surface area contributed by atoms with E-state index < -0.39 is 0 Å². The molecule has 11 heteroatoms. The van der Waals surface area contributed by atoms with Gasteiger partial charge in [0.2, 0.25) is 11.9 Å². The SMILES string of the molecule is COc1cc(N2CCN(C(=O)CC34CC5CC(CC(C5)C3)C4)CC2)ccc1Nc1ncc2c(C)cc(=O)n(-c3cccc(CN4CCN(C)CC4)c3)c2n1. The molecular weight excluding hydrogens is 677 g/mol. The number of anilines is 3. The van der Waals surface area contributed by atoms with E-state index in [1.165, 1.54) is 44.1 Å². The fraction of sp³-hybridized carbons (Fsp3) is 0.535. The third-order valence-electron chi connectivity index (χ3n) is 13.3. The number of rotatable bonds is 9. The third kappa shape index (κ3) is 6.96. The van der Waals surface area contributed by atoms with E-state index in [4.69, 9.17) is 9.72 Å². The van der Waals surface area contributed by atoms with Crippen molar-refractivity contribution in [2.45, 2.75) is 58.4 Å². The lowest BCUT2D eigenvalue weighted by molar-refractivity contribution is -0.139. The van der Waals surface area contributed by atoms with Crippen LogP contribution in [0.3, 0.4) is 0 Å². The number of methoxy groups -OCH3 is 1. The maximum absolute atomic E-state index is 13.6. The maximum Gasteiger partial charge on any atom is 0.257 e. The minimum Gasteiger partial charge on any atom is -0.494 e. The largest absolute Gasteiger partial charge is 0.494 e. The predicted molar refractivity (Wildman–Crippen MR) is 213 cm³/mol. The van der Waals surface area contributed by atoms with E-state index in [1.54, 1.807) is 23.9 Å². The first-order valence-corrected chi connectivity index (χ1v) is 20.1. The minimum atomic E-state index is -0.127. The minimum absolute atomic E-state index is 0.127. The van der Waals surface area contributed by atoms with Crippen LogP contribution in [-0.2, 0) is 11.3 Å². The zero-order chi connectivity index (χ0) is 37.0. The Morgan fingerprint density at radius 3 is 2.31 bits per heavy atom. The van der Waals surface area contributed by atoms with Gasteiger partial charge in [0.25, 0.3) is 5.56 Å². The van der Waals surface area contributed by atoms with Gasteiger partial charge in [-0.2, -0.15) is 4.98 Å².